The molecule has 0 radical (unpaired) electrons. The van der Waals surface area contributed by atoms with Crippen LogP contribution < -0.4 is 0 Å². The summed E-state index contributed by atoms with van der Waals surface area (Å²) < 4.78 is 0. The fourth-order valence-corrected chi connectivity index (χ4v) is 2.42. The van der Waals surface area contributed by atoms with Gasteiger partial charge in [0.1, 0.15) is 0 Å². The second-order valence-corrected chi connectivity index (χ2v) is 5.42. The van der Waals surface area contributed by atoms with Crippen LogP contribution in [-0.2, 0) is 0 Å². The molecule has 17 heavy (non-hydrogen) atoms. The molecule has 1 atom stereocenters. The minimum atomic E-state index is -0.246. The third-order valence-electron chi connectivity index (χ3n) is 3.17. The summed E-state index contributed by atoms with van der Waals surface area (Å²) in [5.74, 6) is 6.27. The van der Waals surface area contributed by atoms with Crippen LogP contribution in [0.5, 0.6) is 0 Å². The van der Waals surface area contributed by atoms with Gasteiger partial charge in [-0.15, -0.1) is 0 Å². The molecule has 1 aliphatic rings. The van der Waals surface area contributed by atoms with Crippen LogP contribution in [0, 0.1) is 17.3 Å². The molecular formula is C15H22O2. The van der Waals surface area contributed by atoms with E-state index in [0.29, 0.717) is 0 Å². The van der Waals surface area contributed by atoms with Gasteiger partial charge in [0.15, 0.2) is 0 Å². The SMILES string of the molecule is CC(C#CC1=C(C)CC(O)CC1(C)C)=CCO. The summed E-state index contributed by atoms with van der Waals surface area (Å²) in [4.78, 5) is 0. The van der Waals surface area contributed by atoms with Gasteiger partial charge in [0, 0.05) is 11.0 Å². The smallest absolute Gasteiger partial charge is 0.0624 e. The van der Waals surface area contributed by atoms with Crippen LogP contribution in [0.4, 0.5) is 0 Å². The van der Waals surface area contributed by atoms with E-state index >= 15 is 0 Å². The highest BCUT2D eigenvalue weighted by molar-refractivity contribution is 5.44. The zero-order chi connectivity index (χ0) is 13.1. The van der Waals surface area contributed by atoms with Crippen LogP contribution in [0.3, 0.4) is 0 Å². The number of aliphatic hydroxyl groups is 2. The van der Waals surface area contributed by atoms with Crippen LogP contribution in [0.15, 0.2) is 22.8 Å². The molecule has 1 rings (SSSR count). The number of hydrogen-bond donors (Lipinski definition) is 2. The summed E-state index contributed by atoms with van der Waals surface area (Å²) in [6, 6.07) is 0. The molecule has 0 bridgehead atoms. The largest absolute Gasteiger partial charge is 0.393 e. The third kappa shape index (κ3) is 3.73. The van der Waals surface area contributed by atoms with Crippen LogP contribution in [0.2, 0.25) is 0 Å². The maximum atomic E-state index is 9.77. The van der Waals surface area contributed by atoms with Crippen molar-refractivity contribution in [3.8, 4) is 11.8 Å². The predicted octanol–water partition coefficient (Wildman–Crippen LogP) is 2.43. The molecule has 2 N–H and O–H groups in total. The van der Waals surface area contributed by atoms with E-state index in [0.717, 1.165) is 24.0 Å². The van der Waals surface area contributed by atoms with E-state index in [1.807, 2.05) is 13.8 Å². The topological polar surface area (TPSA) is 40.5 Å². The Hall–Kier alpha value is -1.04. The Kier molecular flexibility index (Phi) is 4.56. The molecule has 0 saturated carbocycles. The normalized spacial score (nSPS) is 24.4. The van der Waals surface area contributed by atoms with Crippen molar-refractivity contribution in [2.75, 3.05) is 6.61 Å². The first-order valence-electron chi connectivity index (χ1n) is 6.04. The van der Waals surface area contributed by atoms with E-state index in [9.17, 15) is 5.11 Å². The molecular weight excluding hydrogens is 212 g/mol. The second-order valence-electron chi connectivity index (χ2n) is 5.42. The standard InChI is InChI=1S/C15H22O2/c1-11(7-8-16)5-6-14-12(2)9-13(17)10-15(14,3)4/h7,13,16-17H,8-10H2,1-4H3. The van der Waals surface area contributed by atoms with Crippen molar-refractivity contribution < 1.29 is 10.2 Å². The summed E-state index contributed by atoms with van der Waals surface area (Å²) in [6.07, 6.45) is 2.94. The van der Waals surface area contributed by atoms with Crippen molar-refractivity contribution >= 4 is 0 Å². The number of allylic oxidation sites excluding steroid dienone is 2. The minimum absolute atomic E-state index is 0.0284. The van der Waals surface area contributed by atoms with Crippen molar-refractivity contribution in [3.63, 3.8) is 0 Å². The minimum Gasteiger partial charge on any atom is -0.393 e. The quantitative estimate of drug-likeness (QED) is 0.684. The van der Waals surface area contributed by atoms with Gasteiger partial charge in [-0.05, 0) is 38.3 Å². The van der Waals surface area contributed by atoms with Crippen LogP contribution >= 0.6 is 0 Å². The van der Waals surface area contributed by atoms with E-state index in [2.05, 4.69) is 25.7 Å². The average molecular weight is 234 g/mol. The van der Waals surface area contributed by atoms with Crippen molar-refractivity contribution in [2.24, 2.45) is 5.41 Å². The molecule has 0 spiro atoms. The monoisotopic (exact) mass is 234 g/mol. The molecule has 0 aromatic carbocycles. The van der Waals surface area contributed by atoms with Gasteiger partial charge >= 0.3 is 0 Å². The van der Waals surface area contributed by atoms with Gasteiger partial charge in [-0.25, -0.2) is 0 Å². The van der Waals surface area contributed by atoms with E-state index in [4.69, 9.17) is 5.11 Å². The Morgan fingerprint density at radius 1 is 1.53 bits per heavy atom. The first-order valence-corrected chi connectivity index (χ1v) is 6.04. The van der Waals surface area contributed by atoms with Gasteiger partial charge in [0.2, 0.25) is 0 Å². The predicted molar refractivity (Wildman–Crippen MR) is 70.3 cm³/mol. The van der Waals surface area contributed by atoms with Gasteiger partial charge in [0.05, 0.1) is 12.7 Å². The van der Waals surface area contributed by atoms with Crippen LogP contribution in [0.1, 0.15) is 40.5 Å². The molecule has 0 aliphatic heterocycles. The first kappa shape index (κ1) is 14.0. The fourth-order valence-electron chi connectivity index (χ4n) is 2.42. The lowest BCUT2D eigenvalue weighted by molar-refractivity contribution is 0.117. The lowest BCUT2D eigenvalue weighted by Gasteiger charge is -2.34. The maximum Gasteiger partial charge on any atom is 0.0624 e. The Morgan fingerprint density at radius 2 is 2.18 bits per heavy atom. The number of rotatable bonds is 1. The van der Waals surface area contributed by atoms with E-state index in [1.54, 1.807) is 6.08 Å². The molecule has 94 valence electrons. The molecule has 0 amide bonds. The summed E-state index contributed by atoms with van der Waals surface area (Å²) in [5.41, 5.74) is 3.13. The van der Waals surface area contributed by atoms with E-state index in [-0.39, 0.29) is 18.1 Å². The van der Waals surface area contributed by atoms with Crippen molar-refractivity contribution in [1.82, 2.24) is 0 Å². The maximum absolute atomic E-state index is 9.77. The molecule has 2 nitrogen and oxygen atoms in total. The Morgan fingerprint density at radius 3 is 2.71 bits per heavy atom. The number of hydrogen-bond acceptors (Lipinski definition) is 2. The summed E-state index contributed by atoms with van der Waals surface area (Å²) in [5, 5.41) is 18.5. The van der Waals surface area contributed by atoms with Gasteiger partial charge in [0.25, 0.3) is 0 Å². The molecule has 0 heterocycles. The third-order valence-corrected chi connectivity index (χ3v) is 3.17. The molecule has 0 aromatic heterocycles. The zero-order valence-corrected chi connectivity index (χ0v) is 11.2. The number of aliphatic hydroxyl groups excluding tert-OH is 2. The van der Waals surface area contributed by atoms with Gasteiger partial charge in [-0.2, -0.15) is 0 Å². The average Bonchev–Trinajstić information content (AvgIpc) is 2.14. The highest BCUT2D eigenvalue weighted by Crippen LogP contribution is 2.39. The van der Waals surface area contributed by atoms with Crippen molar-refractivity contribution in [2.45, 2.75) is 46.6 Å². The summed E-state index contributed by atoms with van der Waals surface area (Å²) in [6.45, 7) is 8.20. The van der Waals surface area contributed by atoms with Crippen LogP contribution in [0.25, 0.3) is 0 Å². The van der Waals surface area contributed by atoms with E-state index < -0.39 is 0 Å². The molecule has 1 aliphatic carbocycles. The molecule has 0 aromatic rings. The van der Waals surface area contributed by atoms with Crippen molar-refractivity contribution in [3.05, 3.63) is 22.8 Å². The first-order chi connectivity index (χ1) is 7.86. The van der Waals surface area contributed by atoms with Crippen molar-refractivity contribution in [1.29, 1.82) is 0 Å². The lowest BCUT2D eigenvalue weighted by Crippen LogP contribution is -2.28. The molecule has 2 heteroatoms. The van der Waals surface area contributed by atoms with Gasteiger partial charge in [-0.3, -0.25) is 0 Å². The van der Waals surface area contributed by atoms with E-state index in [1.165, 1.54) is 5.57 Å². The van der Waals surface area contributed by atoms with Gasteiger partial charge < -0.3 is 10.2 Å². The van der Waals surface area contributed by atoms with Crippen LogP contribution in [-0.4, -0.2) is 22.9 Å². The van der Waals surface area contributed by atoms with Gasteiger partial charge in [-0.1, -0.05) is 31.3 Å². The lowest BCUT2D eigenvalue weighted by atomic mass is 9.72. The Bertz CT molecular complexity index is 402. The Balaban J connectivity index is 3.03. The highest BCUT2D eigenvalue weighted by Gasteiger charge is 2.31. The summed E-state index contributed by atoms with van der Waals surface area (Å²) >= 11 is 0. The fraction of sp³-hybridized carbons (Fsp3) is 0.600. The molecule has 0 fully saturated rings. The molecule has 1 unspecified atom stereocenters. The highest BCUT2D eigenvalue weighted by atomic mass is 16.3. The Labute approximate surface area is 104 Å². The second kappa shape index (κ2) is 5.53. The zero-order valence-electron chi connectivity index (χ0n) is 11.2. The summed E-state index contributed by atoms with van der Waals surface area (Å²) in [7, 11) is 0. The molecule has 0 saturated heterocycles.